The van der Waals surface area contributed by atoms with Crippen LogP contribution in [0.2, 0.25) is 0 Å². The second-order valence-corrected chi connectivity index (χ2v) is 7.04. The summed E-state index contributed by atoms with van der Waals surface area (Å²) in [6, 6.07) is 5.15. The smallest absolute Gasteiger partial charge is 0.243 e. The van der Waals surface area contributed by atoms with E-state index in [9.17, 15) is 8.42 Å². The fourth-order valence-corrected chi connectivity index (χ4v) is 4.02. The van der Waals surface area contributed by atoms with Crippen molar-refractivity contribution < 1.29 is 17.7 Å². The van der Waals surface area contributed by atoms with E-state index in [1.165, 1.54) is 4.31 Å². The monoisotopic (exact) mass is 323 g/mol. The SMILES string of the molecule is Cc1nc(-c2ccc(C)c(S(=O)(=O)N3CCOCC3)c2)no1. The molecule has 22 heavy (non-hydrogen) atoms. The van der Waals surface area contributed by atoms with Gasteiger partial charge < -0.3 is 9.26 Å². The van der Waals surface area contributed by atoms with Gasteiger partial charge in [0.05, 0.1) is 18.1 Å². The van der Waals surface area contributed by atoms with Gasteiger partial charge in [-0.15, -0.1) is 0 Å². The molecule has 0 unspecified atom stereocenters. The minimum atomic E-state index is -3.55. The van der Waals surface area contributed by atoms with E-state index in [0.717, 1.165) is 0 Å². The van der Waals surface area contributed by atoms with E-state index in [2.05, 4.69) is 10.1 Å². The van der Waals surface area contributed by atoms with Gasteiger partial charge in [-0.1, -0.05) is 17.3 Å². The number of rotatable bonds is 3. The number of benzene rings is 1. The van der Waals surface area contributed by atoms with Crippen molar-refractivity contribution in [2.45, 2.75) is 18.7 Å². The summed E-state index contributed by atoms with van der Waals surface area (Å²) in [5.74, 6) is 0.823. The Morgan fingerprint density at radius 1 is 1.18 bits per heavy atom. The first-order valence-corrected chi connectivity index (χ1v) is 8.42. The van der Waals surface area contributed by atoms with Gasteiger partial charge in [0.2, 0.25) is 21.7 Å². The minimum absolute atomic E-state index is 0.273. The van der Waals surface area contributed by atoms with Gasteiger partial charge in [-0.3, -0.25) is 0 Å². The molecule has 0 aliphatic carbocycles. The van der Waals surface area contributed by atoms with Crippen LogP contribution in [0.1, 0.15) is 11.5 Å². The van der Waals surface area contributed by atoms with Crippen molar-refractivity contribution in [2.24, 2.45) is 0 Å². The van der Waals surface area contributed by atoms with Crippen molar-refractivity contribution in [3.8, 4) is 11.4 Å². The predicted octanol–water partition coefficient (Wildman–Crippen LogP) is 1.37. The normalized spacial score (nSPS) is 16.8. The summed E-state index contributed by atoms with van der Waals surface area (Å²) in [6.07, 6.45) is 0. The molecule has 1 aromatic carbocycles. The summed E-state index contributed by atoms with van der Waals surface area (Å²) < 4.78 is 37.2. The van der Waals surface area contributed by atoms with E-state index in [-0.39, 0.29) is 4.90 Å². The molecule has 1 saturated heterocycles. The van der Waals surface area contributed by atoms with E-state index < -0.39 is 10.0 Å². The Hall–Kier alpha value is -1.77. The maximum Gasteiger partial charge on any atom is 0.243 e. The third kappa shape index (κ3) is 2.77. The summed E-state index contributed by atoms with van der Waals surface area (Å²) in [5, 5.41) is 3.84. The Morgan fingerprint density at radius 2 is 1.91 bits per heavy atom. The largest absolute Gasteiger partial charge is 0.379 e. The third-order valence-electron chi connectivity index (χ3n) is 3.56. The summed E-state index contributed by atoms with van der Waals surface area (Å²) in [6.45, 7) is 5.04. The van der Waals surface area contributed by atoms with Crippen LogP contribution in [-0.2, 0) is 14.8 Å². The number of nitrogens with zero attached hydrogens (tertiary/aromatic N) is 3. The molecule has 0 saturated carbocycles. The van der Waals surface area contributed by atoms with E-state index in [0.29, 0.717) is 49.1 Å². The zero-order chi connectivity index (χ0) is 15.7. The van der Waals surface area contributed by atoms with Crippen LogP contribution >= 0.6 is 0 Å². The highest BCUT2D eigenvalue weighted by atomic mass is 32.2. The lowest BCUT2D eigenvalue weighted by Crippen LogP contribution is -2.40. The van der Waals surface area contributed by atoms with E-state index in [4.69, 9.17) is 9.26 Å². The highest BCUT2D eigenvalue weighted by molar-refractivity contribution is 7.89. The highest BCUT2D eigenvalue weighted by Gasteiger charge is 2.28. The molecule has 1 aliphatic heterocycles. The number of morpholine rings is 1. The van der Waals surface area contributed by atoms with Gasteiger partial charge in [-0.25, -0.2) is 8.42 Å². The van der Waals surface area contributed by atoms with Crippen molar-refractivity contribution in [1.82, 2.24) is 14.4 Å². The summed E-state index contributed by atoms with van der Waals surface area (Å²) >= 11 is 0. The van der Waals surface area contributed by atoms with Crippen molar-refractivity contribution in [2.75, 3.05) is 26.3 Å². The van der Waals surface area contributed by atoms with E-state index in [1.807, 2.05) is 0 Å². The molecule has 0 amide bonds. The van der Waals surface area contributed by atoms with Crippen LogP contribution < -0.4 is 0 Å². The zero-order valence-electron chi connectivity index (χ0n) is 12.4. The van der Waals surface area contributed by atoms with Crippen LogP contribution in [0, 0.1) is 13.8 Å². The standard InChI is InChI=1S/C14H17N3O4S/c1-10-3-4-12(14-15-11(2)21-16-14)9-13(10)22(18,19)17-5-7-20-8-6-17/h3-4,9H,5-8H2,1-2H3. The second kappa shape index (κ2) is 5.79. The molecule has 0 spiro atoms. The van der Waals surface area contributed by atoms with E-state index in [1.54, 1.807) is 32.0 Å². The molecule has 0 N–H and O–H groups in total. The Balaban J connectivity index is 2.02. The maximum absolute atomic E-state index is 12.8. The Labute approximate surface area is 128 Å². The number of hydrogen-bond donors (Lipinski definition) is 0. The lowest BCUT2D eigenvalue weighted by atomic mass is 10.1. The van der Waals surface area contributed by atoms with Crippen molar-refractivity contribution in [3.63, 3.8) is 0 Å². The van der Waals surface area contributed by atoms with Gasteiger partial charge in [0.1, 0.15) is 0 Å². The molecule has 1 aromatic heterocycles. The fourth-order valence-electron chi connectivity index (χ4n) is 2.36. The van der Waals surface area contributed by atoms with Gasteiger partial charge >= 0.3 is 0 Å². The van der Waals surface area contributed by atoms with Gasteiger partial charge in [0.25, 0.3) is 0 Å². The van der Waals surface area contributed by atoms with Gasteiger partial charge in [-0.05, 0) is 18.6 Å². The first-order valence-electron chi connectivity index (χ1n) is 6.98. The molecule has 1 fully saturated rings. The zero-order valence-corrected chi connectivity index (χ0v) is 13.3. The Kier molecular flexibility index (Phi) is 3.98. The average Bonchev–Trinajstić information content (AvgIpc) is 2.95. The lowest BCUT2D eigenvalue weighted by Gasteiger charge is -2.26. The first kappa shape index (κ1) is 15.1. The lowest BCUT2D eigenvalue weighted by molar-refractivity contribution is 0.0730. The molecule has 7 nitrogen and oxygen atoms in total. The Morgan fingerprint density at radius 3 is 2.55 bits per heavy atom. The second-order valence-electron chi connectivity index (χ2n) is 5.13. The quantitative estimate of drug-likeness (QED) is 0.848. The molecular weight excluding hydrogens is 306 g/mol. The fraction of sp³-hybridized carbons (Fsp3) is 0.429. The van der Waals surface area contributed by atoms with Crippen molar-refractivity contribution in [3.05, 3.63) is 29.7 Å². The highest BCUT2D eigenvalue weighted by Crippen LogP contribution is 2.26. The molecule has 8 heteroatoms. The molecule has 118 valence electrons. The summed E-state index contributed by atoms with van der Waals surface area (Å²) in [7, 11) is -3.55. The molecular formula is C14H17N3O4S. The Bertz CT molecular complexity index is 779. The molecule has 2 aromatic rings. The van der Waals surface area contributed by atoms with Crippen LogP contribution in [-0.4, -0.2) is 49.2 Å². The molecule has 2 heterocycles. The van der Waals surface area contributed by atoms with Gasteiger partial charge in [0, 0.05) is 25.6 Å². The maximum atomic E-state index is 12.8. The number of sulfonamides is 1. The molecule has 0 bridgehead atoms. The third-order valence-corrected chi connectivity index (χ3v) is 5.60. The molecule has 3 rings (SSSR count). The van der Waals surface area contributed by atoms with Crippen molar-refractivity contribution >= 4 is 10.0 Å². The number of ether oxygens (including phenoxy) is 1. The summed E-state index contributed by atoms with van der Waals surface area (Å²) in [4.78, 5) is 4.41. The molecule has 0 atom stereocenters. The van der Waals surface area contributed by atoms with Crippen molar-refractivity contribution in [1.29, 1.82) is 0 Å². The first-order chi connectivity index (χ1) is 10.5. The minimum Gasteiger partial charge on any atom is -0.379 e. The summed E-state index contributed by atoms with van der Waals surface area (Å²) in [5.41, 5.74) is 1.31. The molecule has 0 radical (unpaired) electrons. The molecule has 1 aliphatic rings. The topological polar surface area (TPSA) is 85.5 Å². The van der Waals surface area contributed by atoms with Crippen LogP contribution in [0.3, 0.4) is 0 Å². The number of aryl methyl sites for hydroxylation is 2. The van der Waals surface area contributed by atoms with Crippen LogP contribution in [0.15, 0.2) is 27.6 Å². The van der Waals surface area contributed by atoms with Gasteiger partial charge in [-0.2, -0.15) is 9.29 Å². The predicted molar refractivity (Wildman–Crippen MR) is 78.8 cm³/mol. The van der Waals surface area contributed by atoms with E-state index >= 15 is 0 Å². The van der Waals surface area contributed by atoms with Crippen LogP contribution in [0.5, 0.6) is 0 Å². The van der Waals surface area contributed by atoms with Crippen LogP contribution in [0.4, 0.5) is 0 Å². The number of aromatic nitrogens is 2. The van der Waals surface area contributed by atoms with Crippen LogP contribution in [0.25, 0.3) is 11.4 Å². The number of hydrogen-bond acceptors (Lipinski definition) is 6. The average molecular weight is 323 g/mol. The van der Waals surface area contributed by atoms with Gasteiger partial charge in [0.15, 0.2) is 0 Å².